The van der Waals surface area contributed by atoms with Crippen LogP contribution in [0.25, 0.3) is 0 Å². The number of alkyl halides is 1. The minimum Gasteiger partial charge on any atom is -0.335 e. The van der Waals surface area contributed by atoms with E-state index in [1.807, 2.05) is 12.1 Å². The second-order valence-electron chi connectivity index (χ2n) is 8.10. The smallest absolute Gasteiger partial charge is 0.335 e. The van der Waals surface area contributed by atoms with Crippen molar-refractivity contribution in [1.82, 2.24) is 24.2 Å². The predicted molar refractivity (Wildman–Crippen MR) is 100 cm³/mol. The molecule has 9 heteroatoms. The first-order chi connectivity index (χ1) is 13.5. The molecular weight excluding hydrogens is 385 g/mol. The minimum absolute atomic E-state index is 0.122. The van der Waals surface area contributed by atoms with Crippen LogP contribution in [-0.2, 0) is 23.2 Å². The van der Waals surface area contributed by atoms with Crippen molar-refractivity contribution in [2.75, 3.05) is 13.1 Å². The van der Waals surface area contributed by atoms with Crippen LogP contribution in [0.15, 0.2) is 23.0 Å². The molecule has 0 N–H and O–H groups in total. The molecule has 28 heavy (non-hydrogen) atoms. The predicted octanol–water partition coefficient (Wildman–Crippen LogP) is 1.88. The zero-order valence-corrected chi connectivity index (χ0v) is 16.1. The lowest BCUT2D eigenvalue weighted by molar-refractivity contribution is -0.142. The van der Waals surface area contributed by atoms with E-state index in [1.54, 1.807) is 6.07 Å². The number of fused-ring (bicyclic) bond motifs is 1. The molecule has 2 fully saturated rings. The van der Waals surface area contributed by atoms with Crippen molar-refractivity contribution in [2.24, 2.45) is 0 Å². The molecule has 0 spiro atoms. The number of carbonyl (C=O) groups is 1. The Balaban J connectivity index is 1.44. The van der Waals surface area contributed by atoms with Gasteiger partial charge in [0.15, 0.2) is 0 Å². The van der Waals surface area contributed by atoms with Gasteiger partial charge in [-0.1, -0.05) is 17.7 Å². The molecule has 1 saturated carbocycles. The summed E-state index contributed by atoms with van der Waals surface area (Å²) in [5, 5.41) is 4.97. The maximum atomic E-state index is 13.2. The molecule has 4 heterocycles. The van der Waals surface area contributed by atoms with Gasteiger partial charge in [0.1, 0.15) is 23.2 Å². The van der Waals surface area contributed by atoms with Gasteiger partial charge in [-0.2, -0.15) is 5.10 Å². The molecule has 0 radical (unpaired) electrons. The molecule has 2 aliphatic heterocycles. The van der Waals surface area contributed by atoms with Crippen LogP contribution in [0, 0.1) is 0 Å². The first-order valence-corrected chi connectivity index (χ1v) is 10.1. The fourth-order valence-corrected chi connectivity index (χ4v) is 4.48. The van der Waals surface area contributed by atoms with Crippen molar-refractivity contribution in [3.8, 4) is 0 Å². The molecule has 0 unspecified atom stereocenters. The number of nitrogens with zero attached hydrogens (tertiary/aromatic N) is 5. The van der Waals surface area contributed by atoms with E-state index in [9.17, 15) is 14.0 Å². The van der Waals surface area contributed by atoms with Crippen molar-refractivity contribution in [3.05, 3.63) is 45.4 Å². The highest BCUT2D eigenvalue weighted by Gasteiger charge is 2.47. The zero-order valence-electron chi connectivity index (χ0n) is 15.4. The van der Waals surface area contributed by atoms with Gasteiger partial charge < -0.3 is 4.90 Å². The van der Waals surface area contributed by atoms with Crippen LogP contribution in [0.4, 0.5) is 4.39 Å². The molecule has 148 valence electrons. The van der Waals surface area contributed by atoms with Crippen LogP contribution in [0.5, 0.6) is 0 Å². The Morgan fingerprint density at radius 1 is 1.32 bits per heavy atom. The van der Waals surface area contributed by atoms with E-state index >= 15 is 0 Å². The molecule has 1 amide bonds. The summed E-state index contributed by atoms with van der Waals surface area (Å²) >= 11 is 6.04. The fraction of sp³-hybridized carbons (Fsp3) is 0.579. The number of amides is 1. The topological polar surface area (TPSA) is 73.0 Å². The van der Waals surface area contributed by atoms with Gasteiger partial charge in [-0.15, -0.1) is 0 Å². The second-order valence-corrected chi connectivity index (χ2v) is 8.49. The Kier molecular flexibility index (Phi) is 4.08. The van der Waals surface area contributed by atoms with Crippen LogP contribution >= 0.6 is 11.6 Å². The monoisotopic (exact) mass is 405 g/mol. The largest absolute Gasteiger partial charge is 0.346 e. The molecule has 1 aliphatic carbocycles. The molecular formula is C19H21ClFN5O2. The zero-order chi connectivity index (χ0) is 19.5. The van der Waals surface area contributed by atoms with Crippen molar-refractivity contribution < 1.29 is 9.18 Å². The quantitative estimate of drug-likeness (QED) is 0.728. The van der Waals surface area contributed by atoms with Gasteiger partial charge in [0.05, 0.1) is 25.3 Å². The number of aromatic nitrogens is 4. The molecule has 1 atom stereocenters. The van der Waals surface area contributed by atoms with Gasteiger partial charge in [-0.05, 0) is 37.8 Å². The summed E-state index contributed by atoms with van der Waals surface area (Å²) < 4.78 is 16.2. The third-order valence-corrected chi connectivity index (χ3v) is 6.34. The lowest BCUT2D eigenvalue weighted by atomic mass is 10.0. The molecule has 0 aromatic carbocycles. The summed E-state index contributed by atoms with van der Waals surface area (Å²) in [5.41, 5.74) is 0.385. The number of carbonyl (C=O) groups excluding carboxylic acids is 1. The molecule has 0 bridgehead atoms. The Bertz CT molecular complexity index is 992. The van der Waals surface area contributed by atoms with Crippen LogP contribution in [-0.4, -0.2) is 49.4 Å². The van der Waals surface area contributed by atoms with E-state index in [0.717, 1.165) is 25.0 Å². The van der Waals surface area contributed by atoms with Crippen LogP contribution < -0.4 is 5.69 Å². The molecule has 2 aromatic heterocycles. The van der Waals surface area contributed by atoms with Gasteiger partial charge in [-0.25, -0.2) is 18.9 Å². The SMILES string of the molecule is O=C([C@@H]1CCCc2nn(CC3(c4cccc(Cl)n4)CC3)c(=O)n21)N1CC(F)C1. The third-order valence-electron chi connectivity index (χ3n) is 6.13. The van der Waals surface area contributed by atoms with Crippen molar-refractivity contribution in [3.63, 3.8) is 0 Å². The number of hydrogen-bond acceptors (Lipinski definition) is 4. The average Bonchev–Trinajstić information content (AvgIpc) is 3.37. The first kappa shape index (κ1) is 17.8. The highest BCUT2D eigenvalue weighted by Crippen LogP contribution is 2.48. The summed E-state index contributed by atoms with van der Waals surface area (Å²) in [6.07, 6.45) is 2.94. The minimum atomic E-state index is -0.952. The van der Waals surface area contributed by atoms with E-state index in [1.165, 1.54) is 14.1 Å². The first-order valence-electron chi connectivity index (χ1n) is 9.71. The lowest BCUT2D eigenvalue weighted by Crippen LogP contribution is -2.54. The highest BCUT2D eigenvalue weighted by atomic mass is 35.5. The van der Waals surface area contributed by atoms with E-state index < -0.39 is 12.2 Å². The van der Waals surface area contributed by atoms with Crippen molar-refractivity contribution in [2.45, 2.75) is 56.3 Å². The van der Waals surface area contributed by atoms with E-state index in [4.69, 9.17) is 11.6 Å². The lowest BCUT2D eigenvalue weighted by Gasteiger charge is -2.37. The number of hydrogen-bond donors (Lipinski definition) is 0. The summed E-state index contributed by atoms with van der Waals surface area (Å²) in [7, 11) is 0. The van der Waals surface area contributed by atoms with Crippen molar-refractivity contribution >= 4 is 17.5 Å². The Morgan fingerprint density at radius 2 is 2.11 bits per heavy atom. The number of halogens is 2. The van der Waals surface area contributed by atoms with Crippen LogP contribution in [0.2, 0.25) is 5.15 Å². The van der Waals surface area contributed by atoms with Gasteiger partial charge in [0.2, 0.25) is 5.91 Å². The Labute approximate surface area is 166 Å². The maximum Gasteiger partial charge on any atom is 0.346 e. The fourth-order valence-electron chi connectivity index (χ4n) is 4.32. The molecule has 2 aromatic rings. The van der Waals surface area contributed by atoms with E-state index in [2.05, 4.69) is 10.1 Å². The number of pyridine rings is 1. The standard InChI is InChI=1S/C19H21ClFN5O2/c20-15-5-2-4-14(22-15)19(7-8-19)11-25-18(28)26-13(3-1-6-16(26)23-25)17(27)24-9-12(21)10-24/h2,4-5,12-13H,1,3,6-11H2/t13-/m0/s1. The molecule has 7 nitrogen and oxygen atoms in total. The molecule has 3 aliphatic rings. The number of rotatable bonds is 4. The highest BCUT2D eigenvalue weighted by molar-refractivity contribution is 6.29. The van der Waals surface area contributed by atoms with E-state index in [0.29, 0.717) is 30.4 Å². The van der Waals surface area contributed by atoms with Gasteiger partial charge >= 0.3 is 5.69 Å². The normalized spacial score (nSPS) is 23.2. The second kappa shape index (κ2) is 6.40. The Hall–Kier alpha value is -2.22. The van der Waals surface area contributed by atoms with Crippen LogP contribution in [0.3, 0.4) is 0 Å². The van der Waals surface area contributed by atoms with Gasteiger partial charge in [0, 0.05) is 11.8 Å². The van der Waals surface area contributed by atoms with Gasteiger partial charge in [0.25, 0.3) is 0 Å². The summed E-state index contributed by atoms with van der Waals surface area (Å²) in [6.45, 7) is 0.671. The molecule has 1 saturated heterocycles. The van der Waals surface area contributed by atoms with E-state index in [-0.39, 0.29) is 30.1 Å². The third kappa shape index (κ3) is 2.85. The number of aryl methyl sites for hydroxylation is 1. The Morgan fingerprint density at radius 3 is 2.79 bits per heavy atom. The summed E-state index contributed by atoms with van der Waals surface area (Å²) in [4.78, 5) is 31.8. The summed E-state index contributed by atoms with van der Waals surface area (Å²) in [6, 6.07) is 4.96. The molecule has 5 rings (SSSR count). The average molecular weight is 406 g/mol. The van der Waals surface area contributed by atoms with Gasteiger partial charge in [-0.3, -0.25) is 9.36 Å². The maximum absolute atomic E-state index is 13.2. The number of likely N-dealkylation sites (tertiary alicyclic amines) is 1. The van der Waals surface area contributed by atoms with Crippen LogP contribution in [0.1, 0.15) is 43.2 Å². The summed E-state index contributed by atoms with van der Waals surface area (Å²) in [5.74, 6) is 0.468. The van der Waals surface area contributed by atoms with Crippen molar-refractivity contribution in [1.29, 1.82) is 0 Å².